The molecule has 0 bridgehead atoms. The van der Waals surface area contributed by atoms with Crippen LogP contribution in [0.1, 0.15) is 88.4 Å². The predicted molar refractivity (Wildman–Crippen MR) is 115 cm³/mol. The van der Waals surface area contributed by atoms with E-state index in [1.165, 1.54) is 63.5 Å². The van der Waals surface area contributed by atoms with Crippen LogP contribution in [0.5, 0.6) is 0 Å². The number of carbonyl (C=O) groups excluding carboxylic acids is 1. The first kappa shape index (κ1) is 19.3. The highest BCUT2D eigenvalue weighted by Crippen LogP contribution is 2.65. The Bertz CT molecular complexity index is 806. The Morgan fingerprint density at radius 2 is 1.86 bits per heavy atom. The van der Waals surface area contributed by atoms with Crippen molar-refractivity contribution in [2.24, 2.45) is 39.6 Å². The van der Waals surface area contributed by atoms with Crippen LogP contribution in [0.15, 0.2) is 29.6 Å². The van der Waals surface area contributed by atoms with Crippen molar-refractivity contribution >= 4 is 11.6 Å². The number of amides is 1. The average molecular weight is 394 g/mol. The number of hydrazone groups is 1. The molecule has 1 aromatic rings. The quantitative estimate of drug-likeness (QED) is 0.665. The van der Waals surface area contributed by atoms with E-state index in [9.17, 15) is 4.79 Å². The van der Waals surface area contributed by atoms with Gasteiger partial charge < -0.3 is 0 Å². The van der Waals surface area contributed by atoms with Gasteiger partial charge in [0.05, 0.1) is 0 Å². The lowest BCUT2D eigenvalue weighted by Gasteiger charge is -2.59. The Kier molecular flexibility index (Phi) is 4.79. The van der Waals surface area contributed by atoms with Crippen molar-refractivity contribution in [3.63, 3.8) is 0 Å². The molecule has 4 saturated carbocycles. The van der Waals surface area contributed by atoms with Crippen LogP contribution in [0, 0.1) is 34.5 Å². The van der Waals surface area contributed by atoms with Crippen LogP contribution in [0.3, 0.4) is 0 Å². The third-order valence-corrected chi connectivity index (χ3v) is 9.56. The first-order valence-corrected chi connectivity index (χ1v) is 11.8. The molecular weight excluding hydrogens is 358 g/mol. The van der Waals surface area contributed by atoms with Gasteiger partial charge in [-0.05, 0) is 92.6 Å². The molecule has 1 aromatic heterocycles. The minimum Gasteiger partial charge on any atom is -0.267 e. The van der Waals surface area contributed by atoms with Crippen molar-refractivity contribution in [3.05, 3.63) is 30.1 Å². The van der Waals surface area contributed by atoms with E-state index in [1.807, 2.05) is 0 Å². The maximum Gasteiger partial charge on any atom is 0.271 e. The summed E-state index contributed by atoms with van der Waals surface area (Å²) in [5.41, 5.74) is 5.45. The highest BCUT2D eigenvalue weighted by Gasteiger charge is 2.58. The Hall–Kier alpha value is -1.71. The van der Waals surface area contributed by atoms with E-state index >= 15 is 0 Å². The van der Waals surface area contributed by atoms with Crippen molar-refractivity contribution in [1.29, 1.82) is 0 Å². The molecule has 1 N–H and O–H groups in total. The van der Waals surface area contributed by atoms with E-state index in [4.69, 9.17) is 0 Å². The number of aromatic nitrogens is 1. The van der Waals surface area contributed by atoms with Gasteiger partial charge in [-0.25, -0.2) is 5.43 Å². The van der Waals surface area contributed by atoms with Gasteiger partial charge in [0.15, 0.2) is 0 Å². The lowest BCUT2D eigenvalue weighted by Crippen LogP contribution is -2.52. The van der Waals surface area contributed by atoms with E-state index in [0.29, 0.717) is 11.0 Å². The third-order valence-electron chi connectivity index (χ3n) is 9.56. The van der Waals surface area contributed by atoms with Gasteiger partial charge in [0, 0.05) is 29.1 Å². The van der Waals surface area contributed by atoms with Crippen molar-refractivity contribution in [3.8, 4) is 0 Å². The molecule has 0 aliphatic heterocycles. The summed E-state index contributed by atoms with van der Waals surface area (Å²) in [6.45, 7) is 5.07. The van der Waals surface area contributed by atoms with Crippen LogP contribution in [0.25, 0.3) is 0 Å². The summed E-state index contributed by atoms with van der Waals surface area (Å²) in [6.07, 6.45) is 16.9. The number of nitrogens with one attached hydrogen (secondary N) is 1. The molecule has 29 heavy (non-hydrogen) atoms. The fourth-order valence-electron chi connectivity index (χ4n) is 7.95. The van der Waals surface area contributed by atoms with Crippen LogP contribution >= 0.6 is 0 Å². The molecular formula is C25H35N3O. The van der Waals surface area contributed by atoms with Crippen molar-refractivity contribution in [2.45, 2.75) is 78.1 Å². The second kappa shape index (κ2) is 7.21. The summed E-state index contributed by atoms with van der Waals surface area (Å²) in [7, 11) is 0. The largest absolute Gasteiger partial charge is 0.271 e. The summed E-state index contributed by atoms with van der Waals surface area (Å²) < 4.78 is 0. The van der Waals surface area contributed by atoms with Crippen LogP contribution < -0.4 is 5.43 Å². The van der Waals surface area contributed by atoms with Crippen molar-refractivity contribution < 1.29 is 4.79 Å². The molecule has 4 aliphatic carbocycles. The molecule has 4 nitrogen and oxygen atoms in total. The first-order chi connectivity index (χ1) is 14.0. The monoisotopic (exact) mass is 393 g/mol. The van der Waals surface area contributed by atoms with Gasteiger partial charge in [0.2, 0.25) is 0 Å². The molecule has 4 aliphatic rings. The molecule has 4 fully saturated rings. The molecule has 0 radical (unpaired) electrons. The maximum absolute atomic E-state index is 12.4. The topological polar surface area (TPSA) is 54.4 Å². The summed E-state index contributed by atoms with van der Waals surface area (Å²) in [4.78, 5) is 16.4. The van der Waals surface area contributed by atoms with Crippen LogP contribution in [-0.4, -0.2) is 16.6 Å². The second-order valence-corrected chi connectivity index (χ2v) is 10.6. The average Bonchev–Trinajstić information content (AvgIpc) is 3.08. The second-order valence-electron chi connectivity index (χ2n) is 10.6. The number of hydrogen-bond acceptors (Lipinski definition) is 3. The first-order valence-electron chi connectivity index (χ1n) is 11.8. The van der Waals surface area contributed by atoms with E-state index in [2.05, 4.69) is 29.4 Å². The third kappa shape index (κ3) is 3.05. The Labute approximate surface area is 175 Å². The Morgan fingerprint density at radius 3 is 2.69 bits per heavy atom. The number of carbonyl (C=O) groups is 1. The van der Waals surface area contributed by atoms with Crippen molar-refractivity contribution in [2.75, 3.05) is 0 Å². The van der Waals surface area contributed by atoms with E-state index in [1.54, 1.807) is 24.5 Å². The molecule has 0 saturated heterocycles. The predicted octanol–water partition coefficient (Wildman–Crippen LogP) is 5.60. The van der Waals surface area contributed by atoms with Gasteiger partial charge in [0.1, 0.15) is 0 Å². The van der Waals surface area contributed by atoms with Crippen LogP contribution in [-0.2, 0) is 0 Å². The minimum absolute atomic E-state index is 0.129. The fourth-order valence-corrected chi connectivity index (χ4v) is 7.95. The lowest BCUT2D eigenvalue weighted by atomic mass is 9.45. The van der Waals surface area contributed by atoms with Gasteiger partial charge in [-0.2, -0.15) is 5.10 Å². The van der Waals surface area contributed by atoms with E-state index in [0.717, 1.165) is 30.1 Å². The number of fused-ring (bicyclic) bond motifs is 5. The zero-order valence-corrected chi connectivity index (χ0v) is 18.0. The molecule has 3 unspecified atom stereocenters. The SMILES string of the molecule is C[C@]12CCC3C(CC[C@H]4CCCC[C@]34C)C1CCC2=NNC(=O)c1ccncc1. The zero-order chi connectivity index (χ0) is 20.1. The summed E-state index contributed by atoms with van der Waals surface area (Å²) >= 11 is 0. The molecule has 0 aromatic carbocycles. The standard InChI is InChI=1S/C25H35N3O/c1-24-13-4-3-5-18(24)6-7-19-20-8-9-22(25(20,2)14-10-21(19)24)27-28-23(29)17-11-15-26-16-12-17/h11-12,15-16,18-21H,3-10,13-14H2,1-2H3,(H,28,29)/t18-,19?,20?,21?,24+,25+/m1/s1. The van der Waals surface area contributed by atoms with Gasteiger partial charge >= 0.3 is 0 Å². The van der Waals surface area contributed by atoms with Gasteiger partial charge in [-0.15, -0.1) is 0 Å². The van der Waals surface area contributed by atoms with Crippen LogP contribution in [0.2, 0.25) is 0 Å². The number of rotatable bonds is 2. The van der Waals surface area contributed by atoms with Gasteiger partial charge in [-0.1, -0.05) is 26.7 Å². The smallest absolute Gasteiger partial charge is 0.267 e. The van der Waals surface area contributed by atoms with Gasteiger partial charge in [-0.3, -0.25) is 9.78 Å². The summed E-state index contributed by atoms with van der Waals surface area (Å²) in [6, 6.07) is 3.48. The number of hydrogen-bond donors (Lipinski definition) is 1. The normalized spacial score (nSPS) is 42.6. The fraction of sp³-hybridized carbons (Fsp3) is 0.720. The van der Waals surface area contributed by atoms with Crippen molar-refractivity contribution in [1.82, 2.24) is 10.4 Å². The molecule has 4 heteroatoms. The minimum atomic E-state index is -0.129. The lowest BCUT2D eigenvalue weighted by molar-refractivity contribution is -0.0936. The molecule has 0 spiro atoms. The zero-order valence-electron chi connectivity index (χ0n) is 18.0. The highest BCUT2D eigenvalue weighted by molar-refractivity contribution is 5.97. The van der Waals surface area contributed by atoms with E-state index in [-0.39, 0.29) is 11.3 Å². The summed E-state index contributed by atoms with van der Waals surface area (Å²) in [5.74, 6) is 3.35. The number of pyridine rings is 1. The molecule has 1 heterocycles. The molecule has 156 valence electrons. The number of nitrogens with zero attached hydrogens (tertiary/aromatic N) is 2. The van der Waals surface area contributed by atoms with Gasteiger partial charge in [0.25, 0.3) is 5.91 Å². The molecule has 1 amide bonds. The highest BCUT2D eigenvalue weighted by atomic mass is 16.2. The van der Waals surface area contributed by atoms with E-state index < -0.39 is 0 Å². The Morgan fingerprint density at radius 1 is 1.03 bits per heavy atom. The molecule has 5 rings (SSSR count). The molecule has 6 atom stereocenters. The Balaban J connectivity index is 1.34. The summed E-state index contributed by atoms with van der Waals surface area (Å²) in [5, 5.41) is 4.69. The maximum atomic E-state index is 12.4. The van der Waals surface area contributed by atoms with Crippen LogP contribution in [0.4, 0.5) is 0 Å².